The quantitative estimate of drug-likeness (QED) is 0.204. The fourth-order valence-electron chi connectivity index (χ4n) is 4.27. The minimum absolute atomic E-state index is 1.26. The summed E-state index contributed by atoms with van der Waals surface area (Å²) in [7, 11) is 0. The van der Waals surface area contributed by atoms with Crippen LogP contribution >= 0.6 is 33.9 Å². The molecule has 1 aromatic heterocycles. The molecule has 132 valence electrons. The molecule has 0 aliphatic carbocycles. The number of thiophene rings is 1. The average molecular weight is 486 g/mol. The van der Waals surface area contributed by atoms with E-state index in [2.05, 4.69) is 114 Å². The Morgan fingerprint density at radius 3 is 2.07 bits per heavy atom. The molecule has 0 N–H and O–H groups in total. The molecule has 0 unspecified atom stereocenters. The van der Waals surface area contributed by atoms with Gasteiger partial charge >= 0.3 is 0 Å². The minimum Gasteiger partial charge on any atom is -0.135 e. The van der Waals surface area contributed by atoms with E-state index in [0.29, 0.717) is 0 Å². The highest BCUT2D eigenvalue weighted by Crippen LogP contribution is 2.44. The Morgan fingerprint density at radius 2 is 1.25 bits per heavy atom. The topological polar surface area (TPSA) is 0 Å². The summed E-state index contributed by atoms with van der Waals surface area (Å²) in [6, 6.07) is 33.3. The minimum atomic E-state index is 1.26. The van der Waals surface area contributed by atoms with Crippen LogP contribution in [0.1, 0.15) is 0 Å². The molecule has 0 fully saturated rings. The number of benzene rings is 5. The van der Waals surface area contributed by atoms with Gasteiger partial charge in [0.2, 0.25) is 0 Å². The summed E-state index contributed by atoms with van der Waals surface area (Å²) in [6.45, 7) is 0. The SMILES string of the molecule is Ic1ccc(-c2cc3sc4ccc5ccccc5c4c3c3ccccc23)cc1. The first kappa shape index (κ1) is 16.5. The molecule has 2 heteroatoms. The molecule has 0 nitrogen and oxygen atoms in total. The van der Waals surface area contributed by atoms with E-state index in [1.165, 1.54) is 56.4 Å². The Balaban J connectivity index is 1.83. The maximum absolute atomic E-state index is 2.39. The lowest BCUT2D eigenvalue weighted by molar-refractivity contribution is 1.63. The Bertz CT molecular complexity index is 1510. The Morgan fingerprint density at radius 1 is 0.571 bits per heavy atom. The van der Waals surface area contributed by atoms with Gasteiger partial charge in [0.1, 0.15) is 0 Å². The van der Waals surface area contributed by atoms with Crippen molar-refractivity contribution in [3.8, 4) is 11.1 Å². The van der Waals surface area contributed by atoms with Crippen LogP contribution in [0, 0.1) is 3.57 Å². The van der Waals surface area contributed by atoms with E-state index >= 15 is 0 Å². The summed E-state index contributed by atoms with van der Waals surface area (Å²) in [5.41, 5.74) is 2.59. The Kier molecular flexibility index (Phi) is 3.71. The van der Waals surface area contributed by atoms with Crippen molar-refractivity contribution in [3.05, 3.63) is 94.6 Å². The van der Waals surface area contributed by atoms with Crippen molar-refractivity contribution in [2.45, 2.75) is 0 Å². The number of halogens is 1. The zero-order valence-corrected chi connectivity index (χ0v) is 17.9. The van der Waals surface area contributed by atoms with Crippen LogP contribution in [0.5, 0.6) is 0 Å². The van der Waals surface area contributed by atoms with Crippen molar-refractivity contribution in [2.75, 3.05) is 0 Å². The van der Waals surface area contributed by atoms with E-state index in [1.54, 1.807) is 0 Å². The van der Waals surface area contributed by atoms with Crippen molar-refractivity contribution in [1.82, 2.24) is 0 Å². The molecule has 0 spiro atoms. The van der Waals surface area contributed by atoms with E-state index in [0.717, 1.165) is 0 Å². The normalized spacial score (nSPS) is 11.8. The van der Waals surface area contributed by atoms with Crippen LogP contribution in [0.3, 0.4) is 0 Å². The fourth-order valence-corrected chi connectivity index (χ4v) is 5.81. The highest BCUT2D eigenvalue weighted by Gasteiger charge is 2.15. The third kappa shape index (κ3) is 2.41. The zero-order chi connectivity index (χ0) is 18.7. The lowest BCUT2D eigenvalue weighted by Gasteiger charge is -2.10. The van der Waals surface area contributed by atoms with Gasteiger partial charge in [-0.05, 0) is 79.5 Å². The molecular formula is C26H15IS. The van der Waals surface area contributed by atoms with Gasteiger partial charge in [-0.1, -0.05) is 66.7 Å². The second kappa shape index (κ2) is 6.29. The van der Waals surface area contributed by atoms with Crippen molar-refractivity contribution >= 4 is 75.6 Å². The van der Waals surface area contributed by atoms with Crippen LogP contribution in [0.2, 0.25) is 0 Å². The van der Waals surface area contributed by atoms with Gasteiger partial charge in [0, 0.05) is 23.7 Å². The van der Waals surface area contributed by atoms with Gasteiger partial charge in [-0.2, -0.15) is 0 Å². The average Bonchev–Trinajstić information content (AvgIpc) is 3.13. The highest BCUT2D eigenvalue weighted by atomic mass is 127. The van der Waals surface area contributed by atoms with Crippen LogP contribution < -0.4 is 0 Å². The summed E-state index contributed by atoms with van der Waals surface area (Å²) < 4.78 is 3.98. The lowest BCUT2D eigenvalue weighted by Crippen LogP contribution is -1.83. The van der Waals surface area contributed by atoms with Crippen LogP contribution in [0.25, 0.3) is 52.8 Å². The van der Waals surface area contributed by atoms with Gasteiger partial charge < -0.3 is 0 Å². The van der Waals surface area contributed by atoms with E-state index in [-0.39, 0.29) is 0 Å². The van der Waals surface area contributed by atoms with E-state index in [4.69, 9.17) is 0 Å². The molecule has 6 aromatic rings. The number of rotatable bonds is 1. The summed E-state index contributed by atoms with van der Waals surface area (Å²) >= 11 is 4.27. The maximum Gasteiger partial charge on any atom is 0.0368 e. The molecule has 0 aliphatic rings. The van der Waals surface area contributed by atoms with Gasteiger partial charge in [0.05, 0.1) is 0 Å². The second-order valence-electron chi connectivity index (χ2n) is 7.11. The fraction of sp³-hybridized carbons (Fsp3) is 0. The van der Waals surface area contributed by atoms with Gasteiger partial charge in [0.25, 0.3) is 0 Å². The molecule has 0 bridgehead atoms. The highest BCUT2D eigenvalue weighted by molar-refractivity contribution is 14.1. The first-order valence-electron chi connectivity index (χ1n) is 9.31. The molecular weight excluding hydrogens is 471 g/mol. The molecule has 0 saturated heterocycles. The van der Waals surface area contributed by atoms with Crippen molar-refractivity contribution in [1.29, 1.82) is 0 Å². The third-order valence-electron chi connectivity index (χ3n) is 5.52. The summed E-state index contributed by atoms with van der Waals surface area (Å²) in [5, 5.41) is 8.10. The number of hydrogen-bond donors (Lipinski definition) is 0. The molecule has 0 aliphatic heterocycles. The Hall–Kier alpha value is -2.43. The molecule has 0 radical (unpaired) electrons. The van der Waals surface area contributed by atoms with Crippen molar-refractivity contribution in [3.63, 3.8) is 0 Å². The van der Waals surface area contributed by atoms with Crippen LogP contribution in [-0.2, 0) is 0 Å². The van der Waals surface area contributed by atoms with Crippen molar-refractivity contribution in [2.24, 2.45) is 0 Å². The third-order valence-corrected chi connectivity index (χ3v) is 7.35. The van der Waals surface area contributed by atoms with Crippen LogP contribution in [0.4, 0.5) is 0 Å². The molecule has 6 rings (SSSR count). The van der Waals surface area contributed by atoms with Gasteiger partial charge in [-0.15, -0.1) is 11.3 Å². The standard InChI is InChI=1S/C26H15IS/c27-18-12-9-17(10-13-18)22-15-24-26(21-8-4-3-7-20(21)22)25-19-6-2-1-5-16(19)11-14-23(25)28-24/h1-15H. The zero-order valence-electron chi connectivity index (χ0n) is 14.9. The van der Waals surface area contributed by atoms with Gasteiger partial charge in [-0.25, -0.2) is 0 Å². The molecule has 28 heavy (non-hydrogen) atoms. The van der Waals surface area contributed by atoms with E-state index in [9.17, 15) is 0 Å². The summed E-state index contributed by atoms with van der Waals surface area (Å²) in [6.07, 6.45) is 0. The predicted molar refractivity (Wildman–Crippen MR) is 132 cm³/mol. The summed E-state index contributed by atoms with van der Waals surface area (Å²) in [4.78, 5) is 0. The smallest absolute Gasteiger partial charge is 0.0368 e. The molecule has 0 saturated carbocycles. The van der Waals surface area contributed by atoms with E-state index in [1.807, 2.05) is 11.3 Å². The molecule has 5 aromatic carbocycles. The lowest BCUT2D eigenvalue weighted by atomic mass is 9.94. The van der Waals surface area contributed by atoms with Gasteiger partial charge in [-0.3, -0.25) is 0 Å². The second-order valence-corrected chi connectivity index (χ2v) is 9.44. The number of fused-ring (bicyclic) bond motifs is 7. The van der Waals surface area contributed by atoms with Crippen LogP contribution in [0.15, 0.2) is 91.0 Å². The van der Waals surface area contributed by atoms with E-state index < -0.39 is 0 Å². The van der Waals surface area contributed by atoms with Crippen molar-refractivity contribution < 1.29 is 0 Å². The molecule has 1 heterocycles. The maximum atomic E-state index is 2.39. The largest absolute Gasteiger partial charge is 0.135 e. The van der Waals surface area contributed by atoms with Crippen LogP contribution in [-0.4, -0.2) is 0 Å². The molecule has 0 atom stereocenters. The first-order chi connectivity index (χ1) is 13.8. The monoisotopic (exact) mass is 486 g/mol. The first-order valence-corrected chi connectivity index (χ1v) is 11.2. The Labute approximate surface area is 180 Å². The number of hydrogen-bond acceptors (Lipinski definition) is 1. The summed E-state index contributed by atoms with van der Waals surface area (Å²) in [5.74, 6) is 0. The predicted octanol–water partition coefficient (Wildman–Crippen LogP) is 8.63. The molecule has 0 amide bonds. The van der Waals surface area contributed by atoms with Gasteiger partial charge in [0.15, 0.2) is 0 Å².